The van der Waals surface area contributed by atoms with Crippen molar-refractivity contribution in [1.82, 2.24) is 10.2 Å². The van der Waals surface area contributed by atoms with E-state index in [2.05, 4.69) is 5.32 Å². The monoisotopic (exact) mass is 468 g/mol. The minimum Gasteiger partial charge on any atom is -0.509 e. The Kier molecular flexibility index (Phi) is 6.42. The highest BCUT2D eigenvalue weighted by Gasteiger charge is 2.53. The normalized spacial score (nSPS) is 17.5. The molecule has 1 fully saturated rings. The molecule has 33 heavy (non-hydrogen) atoms. The van der Waals surface area contributed by atoms with Crippen LogP contribution in [0.1, 0.15) is 37.7 Å². The molecule has 3 N–H and O–H groups in total. The van der Waals surface area contributed by atoms with Gasteiger partial charge < -0.3 is 20.4 Å². The van der Waals surface area contributed by atoms with Gasteiger partial charge in [0, 0.05) is 11.6 Å². The molecule has 1 spiro atoms. The number of benzene rings is 2. The maximum absolute atomic E-state index is 13.3. The van der Waals surface area contributed by atoms with Gasteiger partial charge in [0.15, 0.2) is 0 Å². The molecule has 0 unspecified atom stereocenters. The first-order valence-electron chi connectivity index (χ1n) is 10.9. The second kappa shape index (κ2) is 9.27. The van der Waals surface area contributed by atoms with Crippen molar-refractivity contribution < 1.29 is 24.6 Å². The minimum atomic E-state index is -1.22. The van der Waals surface area contributed by atoms with Crippen molar-refractivity contribution >= 4 is 29.4 Å². The number of carboxylic acid groups (broad SMARTS) is 1. The number of hydrogen-bond acceptors (Lipinski definition) is 4. The lowest BCUT2D eigenvalue weighted by atomic mass is 9.79. The first kappa shape index (κ1) is 22.9. The van der Waals surface area contributed by atoms with Gasteiger partial charge in [-0.1, -0.05) is 67.3 Å². The second-order valence-electron chi connectivity index (χ2n) is 8.49. The van der Waals surface area contributed by atoms with Gasteiger partial charge in [-0.05, 0) is 41.7 Å². The van der Waals surface area contributed by atoms with E-state index in [0.29, 0.717) is 17.9 Å². The van der Waals surface area contributed by atoms with Crippen LogP contribution in [-0.4, -0.2) is 45.0 Å². The molecule has 2 aromatic rings. The van der Waals surface area contributed by atoms with Gasteiger partial charge in [0.25, 0.3) is 11.8 Å². The summed E-state index contributed by atoms with van der Waals surface area (Å²) < 4.78 is 0. The zero-order valence-corrected chi connectivity index (χ0v) is 18.8. The van der Waals surface area contributed by atoms with Crippen LogP contribution in [-0.2, 0) is 20.9 Å². The summed E-state index contributed by atoms with van der Waals surface area (Å²) in [5.74, 6) is -2.89. The zero-order chi connectivity index (χ0) is 23.6. The quantitative estimate of drug-likeness (QED) is 0.554. The Morgan fingerprint density at radius 3 is 2.12 bits per heavy atom. The van der Waals surface area contributed by atoms with Gasteiger partial charge in [-0.15, -0.1) is 0 Å². The summed E-state index contributed by atoms with van der Waals surface area (Å²) in [6.45, 7) is -0.387. The summed E-state index contributed by atoms with van der Waals surface area (Å²) in [5, 5.41) is 22.8. The molecule has 1 aliphatic heterocycles. The molecule has 2 amide bonds. The highest BCUT2D eigenvalue weighted by atomic mass is 35.5. The smallest absolute Gasteiger partial charge is 0.322 e. The SMILES string of the molecule is O=C(O)CNC(=O)C1=C(O)C2(CCCCC2)N(Cc2ccc(-c3ccc(Cl)cc3)cc2)C1=O. The number of carboxylic acids is 1. The lowest BCUT2D eigenvalue weighted by Crippen LogP contribution is -2.49. The van der Waals surface area contributed by atoms with E-state index in [1.807, 2.05) is 48.5 Å². The van der Waals surface area contributed by atoms with E-state index >= 15 is 0 Å². The molecule has 0 bridgehead atoms. The molecule has 8 heteroatoms. The van der Waals surface area contributed by atoms with Crippen LogP contribution >= 0.6 is 11.6 Å². The third-order valence-electron chi connectivity index (χ3n) is 6.43. The van der Waals surface area contributed by atoms with E-state index < -0.39 is 29.9 Å². The van der Waals surface area contributed by atoms with Crippen molar-refractivity contribution in [3.05, 3.63) is 70.4 Å². The number of halogens is 1. The fraction of sp³-hybridized carbons (Fsp3) is 0.320. The molecule has 172 valence electrons. The molecule has 0 atom stereocenters. The number of carbonyl (C=O) groups is 3. The van der Waals surface area contributed by atoms with Gasteiger partial charge in [-0.2, -0.15) is 0 Å². The first-order chi connectivity index (χ1) is 15.8. The number of hydrogen-bond donors (Lipinski definition) is 3. The number of rotatable bonds is 6. The van der Waals surface area contributed by atoms with Gasteiger partial charge in [0.1, 0.15) is 23.4 Å². The Labute approximate surface area is 196 Å². The maximum Gasteiger partial charge on any atom is 0.322 e. The third kappa shape index (κ3) is 4.46. The molecule has 4 rings (SSSR count). The Morgan fingerprint density at radius 1 is 0.970 bits per heavy atom. The largest absolute Gasteiger partial charge is 0.509 e. The van der Waals surface area contributed by atoms with E-state index in [9.17, 15) is 19.5 Å². The van der Waals surface area contributed by atoms with Crippen molar-refractivity contribution in [3.8, 4) is 11.1 Å². The van der Waals surface area contributed by atoms with Crippen molar-refractivity contribution in [2.45, 2.75) is 44.2 Å². The summed E-state index contributed by atoms with van der Waals surface area (Å²) in [5.41, 5.74) is 1.61. The zero-order valence-electron chi connectivity index (χ0n) is 18.0. The molecule has 1 aliphatic carbocycles. The summed E-state index contributed by atoms with van der Waals surface area (Å²) in [6.07, 6.45) is 3.76. The predicted molar refractivity (Wildman–Crippen MR) is 124 cm³/mol. The van der Waals surface area contributed by atoms with Gasteiger partial charge in [0.05, 0.1) is 0 Å². The van der Waals surface area contributed by atoms with Gasteiger partial charge in [-0.25, -0.2) is 0 Å². The van der Waals surface area contributed by atoms with E-state index in [1.54, 1.807) is 4.90 Å². The van der Waals surface area contributed by atoms with Gasteiger partial charge in [0.2, 0.25) is 0 Å². The van der Waals surface area contributed by atoms with Crippen LogP contribution in [0.2, 0.25) is 5.02 Å². The molecule has 0 radical (unpaired) electrons. The third-order valence-corrected chi connectivity index (χ3v) is 6.69. The molecular formula is C25H25ClN2O5. The van der Waals surface area contributed by atoms with Crippen molar-refractivity contribution in [1.29, 1.82) is 0 Å². The van der Waals surface area contributed by atoms with E-state index in [1.165, 1.54) is 0 Å². The number of amides is 2. The molecular weight excluding hydrogens is 444 g/mol. The van der Waals surface area contributed by atoms with Crippen LogP contribution in [0.5, 0.6) is 0 Å². The molecule has 0 saturated heterocycles. The molecule has 1 heterocycles. The van der Waals surface area contributed by atoms with Gasteiger partial charge in [-0.3, -0.25) is 14.4 Å². The first-order valence-corrected chi connectivity index (χ1v) is 11.3. The molecule has 7 nitrogen and oxygen atoms in total. The standard InChI is InChI=1S/C25H25ClN2O5/c26-19-10-8-18(9-11-19)17-6-4-16(5-7-17)15-28-24(33)21(23(32)27-14-20(29)30)22(31)25(28)12-2-1-3-13-25/h4-11,31H,1-3,12-15H2,(H,27,32)(H,29,30). The van der Waals surface area contributed by atoms with Crippen LogP contribution in [0.4, 0.5) is 0 Å². The Morgan fingerprint density at radius 2 is 1.55 bits per heavy atom. The number of aliphatic carboxylic acids is 1. The summed E-state index contributed by atoms with van der Waals surface area (Å²) in [6, 6.07) is 15.3. The van der Waals surface area contributed by atoms with Crippen molar-refractivity contribution in [2.24, 2.45) is 0 Å². The fourth-order valence-electron chi connectivity index (χ4n) is 4.73. The molecule has 0 aromatic heterocycles. The average molecular weight is 469 g/mol. The van der Waals surface area contributed by atoms with Crippen molar-refractivity contribution in [3.63, 3.8) is 0 Å². The van der Waals surface area contributed by atoms with Gasteiger partial charge >= 0.3 is 5.97 Å². The summed E-state index contributed by atoms with van der Waals surface area (Å²) in [7, 11) is 0. The van der Waals surface area contributed by atoms with E-state index in [0.717, 1.165) is 36.0 Å². The lowest BCUT2D eigenvalue weighted by Gasteiger charge is -2.41. The topological polar surface area (TPSA) is 107 Å². The predicted octanol–water partition coefficient (Wildman–Crippen LogP) is 4.07. The summed E-state index contributed by atoms with van der Waals surface area (Å²) in [4.78, 5) is 38.3. The highest BCUT2D eigenvalue weighted by Crippen LogP contribution is 2.45. The maximum atomic E-state index is 13.3. The van der Waals surface area contributed by atoms with Crippen LogP contribution < -0.4 is 5.32 Å². The minimum absolute atomic E-state index is 0.236. The number of aliphatic hydroxyl groups is 1. The van der Waals surface area contributed by atoms with Crippen LogP contribution in [0.25, 0.3) is 11.1 Å². The molecule has 2 aliphatic rings. The summed E-state index contributed by atoms with van der Waals surface area (Å²) >= 11 is 5.97. The molecule has 1 saturated carbocycles. The van der Waals surface area contributed by atoms with E-state index in [4.69, 9.17) is 16.7 Å². The van der Waals surface area contributed by atoms with Crippen LogP contribution in [0.15, 0.2) is 59.9 Å². The van der Waals surface area contributed by atoms with Crippen molar-refractivity contribution in [2.75, 3.05) is 6.54 Å². The lowest BCUT2D eigenvalue weighted by molar-refractivity contribution is -0.138. The Hall–Kier alpha value is -3.32. The number of carbonyl (C=O) groups excluding carboxylic acids is 2. The number of nitrogens with one attached hydrogen (secondary N) is 1. The average Bonchev–Trinajstić information content (AvgIpc) is 3.00. The second-order valence-corrected chi connectivity index (χ2v) is 8.92. The number of aliphatic hydroxyl groups excluding tert-OH is 1. The Balaban J connectivity index is 1.59. The Bertz CT molecular complexity index is 1100. The van der Waals surface area contributed by atoms with Crippen LogP contribution in [0.3, 0.4) is 0 Å². The van der Waals surface area contributed by atoms with Crippen LogP contribution in [0, 0.1) is 0 Å². The highest BCUT2D eigenvalue weighted by molar-refractivity contribution is 6.30. The number of nitrogens with zero attached hydrogens (tertiary/aromatic N) is 1. The fourth-order valence-corrected chi connectivity index (χ4v) is 4.86. The molecule has 2 aromatic carbocycles. The van der Waals surface area contributed by atoms with E-state index in [-0.39, 0.29) is 17.9 Å².